The van der Waals surface area contributed by atoms with Gasteiger partial charge < -0.3 is 9.15 Å². The number of para-hydroxylation sites is 1. The maximum absolute atomic E-state index is 6.12. The molecule has 0 atom stereocenters. The van der Waals surface area contributed by atoms with E-state index in [9.17, 15) is 0 Å². The van der Waals surface area contributed by atoms with Crippen LogP contribution in [0, 0.1) is 0 Å². The van der Waals surface area contributed by atoms with E-state index in [2.05, 4.69) is 22.0 Å². The van der Waals surface area contributed by atoms with Crippen LogP contribution in [0.25, 0.3) is 11.0 Å². The van der Waals surface area contributed by atoms with Gasteiger partial charge in [0.05, 0.1) is 11.6 Å². The Bertz CT molecular complexity index is 791. The van der Waals surface area contributed by atoms with Gasteiger partial charge in [-0.2, -0.15) is 0 Å². The van der Waals surface area contributed by atoms with Crippen LogP contribution in [0.15, 0.2) is 53.3 Å². The molecule has 4 heteroatoms. The van der Waals surface area contributed by atoms with Crippen LogP contribution in [-0.4, -0.2) is 23.0 Å². The molecular formula is C19H20N2O2. The lowest BCUT2D eigenvalue weighted by Crippen LogP contribution is -2.29. The first-order valence-electron chi connectivity index (χ1n) is 8.20. The highest BCUT2D eigenvalue weighted by Crippen LogP contribution is 2.31. The summed E-state index contributed by atoms with van der Waals surface area (Å²) in [6.45, 7) is 3.27. The van der Waals surface area contributed by atoms with Gasteiger partial charge in [-0.25, -0.2) is 4.98 Å². The van der Waals surface area contributed by atoms with Crippen LogP contribution in [0.2, 0.25) is 0 Å². The van der Waals surface area contributed by atoms with Gasteiger partial charge in [0.15, 0.2) is 0 Å². The molecule has 0 amide bonds. The van der Waals surface area contributed by atoms with Gasteiger partial charge in [0.25, 0.3) is 0 Å². The van der Waals surface area contributed by atoms with Gasteiger partial charge in [-0.05, 0) is 44.1 Å². The van der Waals surface area contributed by atoms with Gasteiger partial charge in [-0.15, -0.1) is 0 Å². The van der Waals surface area contributed by atoms with E-state index in [1.807, 2.05) is 24.3 Å². The van der Waals surface area contributed by atoms with E-state index >= 15 is 0 Å². The molecule has 0 spiro atoms. The summed E-state index contributed by atoms with van der Waals surface area (Å²) in [4.78, 5) is 6.86. The lowest BCUT2D eigenvalue weighted by molar-refractivity contribution is 0.219. The topological polar surface area (TPSA) is 38.5 Å². The lowest BCUT2D eigenvalue weighted by Gasteiger charge is -2.27. The molecule has 0 N–H and O–H groups in total. The number of fused-ring (bicyclic) bond motifs is 1. The molecular weight excluding hydrogens is 288 g/mol. The summed E-state index contributed by atoms with van der Waals surface area (Å²) >= 11 is 0. The molecule has 0 saturated carbocycles. The van der Waals surface area contributed by atoms with E-state index in [0.717, 1.165) is 23.3 Å². The molecule has 1 aliphatic rings. The average molecular weight is 308 g/mol. The number of benzene rings is 1. The number of piperidine rings is 1. The van der Waals surface area contributed by atoms with Gasteiger partial charge in [0, 0.05) is 18.3 Å². The van der Waals surface area contributed by atoms with E-state index in [1.165, 1.54) is 37.9 Å². The van der Waals surface area contributed by atoms with Crippen molar-refractivity contribution < 1.29 is 9.15 Å². The molecule has 4 rings (SSSR count). The second-order valence-electron chi connectivity index (χ2n) is 6.00. The standard InChI is InChI=1S/C19H20N2O2/c1-4-11-21(12-5-1)14-15-6-2-3-7-17(15)23-19-16-9-13-22-18(16)8-10-20-19/h2-3,6-10,13H,1,4-5,11-12,14H2. The number of furan rings is 1. The summed E-state index contributed by atoms with van der Waals surface area (Å²) in [6, 6.07) is 12.0. The van der Waals surface area contributed by atoms with Gasteiger partial charge >= 0.3 is 0 Å². The number of nitrogens with zero attached hydrogens (tertiary/aromatic N) is 2. The van der Waals surface area contributed by atoms with Crippen LogP contribution in [0.4, 0.5) is 0 Å². The van der Waals surface area contributed by atoms with E-state index in [0.29, 0.717) is 5.88 Å². The molecule has 23 heavy (non-hydrogen) atoms. The van der Waals surface area contributed by atoms with Crippen LogP contribution in [0.5, 0.6) is 11.6 Å². The van der Waals surface area contributed by atoms with Crippen molar-refractivity contribution in [1.82, 2.24) is 9.88 Å². The number of ether oxygens (including phenoxy) is 1. The van der Waals surface area contributed by atoms with E-state index in [4.69, 9.17) is 9.15 Å². The molecule has 0 aliphatic carbocycles. The highest BCUT2D eigenvalue weighted by molar-refractivity contribution is 5.82. The van der Waals surface area contributed by atoms with Crippen LogP contribution in [0.3, 0.4) is 0 Å². The van der Waals surface area contributed by atoms with E-state index in [1.54, 1.807) is 12.5 Å². The first-order valence-corrected chi connectivity index (χ1v) is 8.20. The molecule has 1 aliphatic heterocycles. The highest BCUT2D eigenvalue weighted by atomic mass is 16.5. The van der Waals surface area contributed by atoms with Crippen molar-refractivity contribution in [3.8, 4) is 11.6 Å². The van der Waals surface area contributed by atoms with Crippen molar-refractivity contribution in [2.24, 2.45) is 0 Å². The van der Waals surface area contributed by atoms with E-state index in [-0.39, 0.29) is 0 Å². The van der Waals surface area contributed by atoms with Gasteiger partial charge in [0.1, 0.15) is 11.3 Å². The molecule has 1 aromatic carbocycles. The van der Waals surface area contributed by atoms with Crippen LogP contribution >= 0.6 is 0 Å². The van der Waals surface area contributed by atoms with Crippen molar-refractivity contribution in [3.63, 3.8) is 0 Å². The summed E-state index contributed by atoms with van der Waals surface area (Å²) in [5, 5.41) is 0.903. The Labute approximate surface area is 135 Å². The smallest absolute Gasteiger partial charge is 0.230 e. The second kappa shape index (κ2) is 6.42. The number of aromatic nitrogens is 1. The first-order chi connectivity index (χ1) is 11.4. The van der Waals surface area contributed by atoms with Crippen molar-refractivity contribution >= 4 is 11.0 Å². The predicted octanol–water partition coefficient (Wildman–Crippen LogP) is 4.61. The third-order valence-corrected chi connectivity index (χ3v) is 4.37. The lowest BCUT2D eigenvalue weighted by atomic mass is 10.1. The third kappa shape index (κ3) is 3.08. The van der Waals surface area contributed by atoms with Gasteiger partial charge in [0.2, 0.25) is 5.88 Å². The molecule has 3 heterocycles. The van der Waals surface area contributed by atoms with Crippen LogP contribution in [-0.2, 0) is 6.54 Å². The summed E-state index contributed by atoms with van der Waals surface area (Å²) in [5.74, 6) is 1.47. The Morgan fingerprint density at radius 1 is 1.04 bits per heavy atom. The molecule has 0 radical (unpaired) electrons. The summed E-state index contributed by atoms with van der Waals surface area (Å²) in [5.41, 5.74) is 2.00. The zero-order valence-corrected chi connectivity index (χ0v) is 13.1. The first kappa shape index (κ1) is 14.3. The minimum absolute atomic E-state index is 0.599. The average Bonchev–Trinajstić information content (AvgIpc) is 3.07. The molecule has 2 aromatic heterocycles. The highest BCUT2D eigenvalue weighted by Gasteiger charge is 2.14. The molecule has 0 bridgehead atoms. The molecule has 1 fully saturated rings. The fourth-order valence-electron chi connectivity index (χ4n) is 3.15. The zero-order valence-electron chi connectivity index (χ0n) is 13.1. The minimum Gasteiger partial charge on any atom is -0.464 e. The zero-order chi connectivity index (χ0) is 15.5. The number of hydrogen-bond acceptors (Lipinski definition) is 4. The van der Waals surface area contributed by atoms with E-state index < -0.39 is 0 Å². The Hall–Kier alpha value is -2.33. The number of likely N-dealkylation sites (tertiary alicyclic amines) is 1. The Kier molecular flexibility index (Phi) is 3.99. The largest absolute Gasteiger partial charge is 0.464 e. The summed E-state index contributed by atoms with van der Waals surface area (Å²) in [7, 11) is 0. The van der Waals surface area contributed by atoms with Gasteiger partial charge in [-0.3, -0.25) is 4.90 Å². The SMILES string of the molecule is c1ccc(Oc2nccc3occc23)c(CN2CCCCC2)c1. The monoisotopic (exact) mass is 308 g/mol. The van der Waals surface area contributed by atoms with Crippen molar-refractivity contribution in [2.45, 2.75) is 25.8 Å². The van der Waals surface area contributed by atoms with Crippen molar-refractivity contribution in [3.05, 3.63) is 54.4 Å². The van der Waals surface area contributed by atoms with Crippen molar-refractivity contribution in [2.75, 3.05) is 13.1 Å². The number of hydrogen-bond donors (Lipinski definition) is 0. The van der Waals surface area contributed by atoms with Crippen molar-refractivity contribution in [1.29, 1.82) is 0 Å². The fraction of sp³-hybridized carbons (Fsp3) is 0.316. The normalized spacial score (nSPS) is 15.8. The minimum atomic E-state index is 0.599. The number of rotatable bonds is 4. The maximum Gasteiger partial charge on any atom is 0.230 e. The summed E-state index contributed by atoms with van der Waals surface area (Å²) in [6.07, 6.45) is 7.31. The Balaban J connectivity index is 1.60. The molecule has 0 unspecified atom stereocenters. The van der Waals surface area contributed by atoms with Gasteiger partial charge in [-0.1, -0.05) is 24.6 Å². The molecule has 118 valence electrons. The molecule has 3 aromatic rings. The Morgan fingerprint density at radius 3 is 2.83 bits per heavy atom. The van der Waals surface area contributed by atoms with Crippen LogP contribution < -0.4 is 4.74 Å². The second-order valence-corrected chi connectivity index (χ2v) is 6.00. The quantitative estimate of drug-likeness (QED) is 0.705. The predicted molar refractivity (Wildman–Crippen MR) is 89.7 cm³/mol. The summed E-state index contributed by atoms with van der Waals surface area (Å²) < 4.78 is 11.5. The molecule has 4 nitrogen and oxygen atoms in total. The van der Waals surface area contributed by atoms with Crippen LogP contribution in [0.1, 0.15) is 24.8 Å². The Morgan fingerprint density at radius 2 is 1.91 bits per heavy atom. The molecule has 1 saturated heterocycles. The fourth-order valence-corrected chi connectivity index (χ4v) is 3.15. The third-order valence-electron chi connectivity index (χ3n) is 4.37. The number of pyridine rings is 1. The maximum atomic E-state index is 6.12.